The molecule has 0 saturated heterocycles. The zero-order chi connectivity index (χ0) is 18.6. The molecule has 4 aromatic rings. The van der Waals surface area contributed by atoms with Crippen LogP contribution < -0.4 is 0 Å². The second-order valence-electron chi connectivity index (χ2n) is 6.14. The Kier molecular flexibility index (Phi) is 4.66. The summed E-state index contributed by atoms with van der Waals surface area (Å²) in [6.45, 7) is -0.0262. The first-order valence-electron chi connectivity index (χ1n) is 8.53. The predicted octanol–water partition coefficient (Wildman–Crippen LogP) is 4.92. The van der Waals surface area contributed by atoms with Crippen LogP contribution in [-0.2, 0) is 22.6 Å². The highest BCUT2D eigenvalue weighted by Crippen LogP contribution is 2.24. The van der Waals surface area contributed by atoms with Crippen LogP contribution in [0.2, 0.25) is 0 Å². The van der Waals surface area contributed by atoms with E-state index >= 15 is 0 Å². The molecule has 134 valence electrons. The number of rotatable bonds is 5. The van der Waals surface area contributed by atoms with Crippen LogP contribution in [0, 0.1) is 5.82 Å². The summed E-state index contributed by atoms with van der Waals surface area (Å²) in [5.41, 5.74) is 1.66. The van der Waals surface area contributed by atoms with Gasteiger partial charge in [-0.2, -0.15) is 0 Å². The molecule has 3 aromatic carbocycles. The van der Waals surface area contributed by atoms with E-state index in [0.717, 1.165) is 16.3 Å². The molecule has 0 spiro atoms. The highest BCUT2D eigenvalue weighted by Gasteiger charge is 2.13. The van der Waals surface area contributed by atoms with Crippen molar-refractivity contribution in [3.63, 3.8) is 0 Å². The Bertz CT molecular complexity index is 1100. The summed E-state index contributed by atoms with van der Waals surface area (Å²) < 4.78 is 24.3. The number of hydrogen-bond acceptors (Lipinski definition) is 4. The van der Waals surface area contributed by atoms with Crippen molar-refractivity contribution < 1.29 is 18.4 Å². The minimum Gasteiger partial charge on any atom is -0.459 e. The Hall–Kier alpha value is -3.47. The van der Waals surface area contributed by atoms with Crippen LogP contribution in [0.15, 0.2) is 77.3 Å². The fraction of sp³-hybridized carbons (Fsp3) is 0.0909. The number of ether oxygens (including phenoxy) is 1. The van der Waals surface area contributed by atoms with Gasteiger partial charge in [-0.3, -0.25) is 4.79 Å². The van der Waals surface area contributed by atoms with Gasteiger partial charge in [0.25, 0.3) is 0 Å². The second-order valence-corrected chi connectivity index (χ2v) is 6.14. The van der Waals surface area contributed by atoms with Gasteiger partial charge >= 0.3 is 5.97 Å². The highest BCUT2D eigenvalue weighted by molar-refractivity contribution is 5.88. The quantitative estimate of drug-likeness (QED) is 0.474. The molecule has 27 heavy (non-hydrogen) atoms. The van der Waals surface area contributed by atoms with Gasteiger partial charge in [-0.15, -0.1) is 0 Å². The fourth-order valence-corrected chi connectivity index (χ4v) is 2.98. The van der Waals surface area contributed by atoms with Gasteiger partial charge in [0.2, 0.25) is 0 Å². The van der Waals surface area contributed by atoms with Crippen LogP contribution in [0.3, 0.4) is 0 Å². The summed E-state index contributed by atoms with van der Waals surface area (Å²) in [4.78, 5) is 12.2. The lowest BCUT2D eigenvalue weighted by Gasteiger charge is -2.06. The van der Waals surface area contributed by atoms with Crippen molar-refractivity contribution in [2.24, 2.45) is 0 Å². The van der Waals surface area contributed by atoms with Gasteiger partial charge in [-0.25, -0.2) is 4.39 Å². The molecule has 4 rings (SSSR count). The molecule has 0 amide bonds. The number of carbonyl (C=O) groups is 1. The van der Waals surface area contributed by atoms with E-state index in [1.54, 1.807) is 24.3 Å². The van der Waals surface area contributed by atoms with E-state index in [4.69, 9.17) is 9.26 Å². The third-order valence-electron chi connectivity index (χ3n) is 4.29. The Morgan fingerprint density at radius 2 is 1.78 bits per heavy atom. The number of halogens is 1. The Labute approximate surface area is 155 Å². The molecule has 1 aromatic heterocycles. The van der Waals surface area contributed by atoms with Crippen LogP contribution >= 0.6 is 0 Å². The Balaban J connectivity index is 1.42. The van der Waals surface area contributed by atoms with Crippen LogP contribution in [0.4, 0.5) is 4.39 Å². The summed E-state index contributed by atoms with van der Waals surface area (Å²) in [5.74, 6) is -0.455. The normalized spacial score (nSPS) is 10.9. The monoisotopic (exact) mass is 361 g/mol. The SMILES string of the molecule is O=C(Cc1cccc2ccccc12)OCc1cc(-c2ccccc2F)on1. The maximum Gasteiger partial charge on any atom is 0.310 e. The fourth-order valence-electron chi connectivity index (χ4n) is 2.98. The lowest BCUT2D eigenvalue weighted by atomic mass is 10.0. The van der Waals surface area contributed by atoms with E-state index in [1.807, 2.05) is 42.5 Å². The van der Waals surface area contributed by atoms with Gasteiger partial charge in [0.1, 0.15) is 18.1 Å². The molecule has 0 bridgehead atoms. The maximum atomic E-state index is 13.8. The van der Waals surface area contributed by atoms with Crippen molar-refractivity contribution in [1.82, 2.24) is 5.16 Å². The Morgan fingerprint density at radius 1 is 1.00 bits per heavy atom. The number of esters is 1. The molecule has 0 N–H and O–H groups in total. The zero-order valence-corrected chi connectivity index (χ0v) is 14.4. The molecule has 5 heteroatoms. The summed E-state index contributed by atoms with van der Waals surface area (Å²) in [6.07, 6.45) is 0.166. The van der Waals surface area contributed by atoms with Gasteiger partial charge in [-0.05, 0) is 28.5 Å². The van der Waals surface area contributed by atoms with E-state index in [0.29, 0.717) is 17.0 Å². The number of hydrogen-bond donors (Lipinski definition) is 0. The summed E-state index contributed by atoms with van der Waals surface area (Å²) in [6, 6.07) is 21.6. The largest absolute Gasteiger partial charge is 0.459 e. The number of benzene rings is 3. The average Bonchev–Trinajstić information content (AvgIpc) is 3.16. The number of fused-ring (bicyclic) bond motifs is 1. The maximum absolute atomic E-state index is 13.8. The van der Waals surface area contributed by atoms with Crippen LogP contribution in [0.5, 0.6) is 0 Å². The van der Waals surface area contributed by atoms with Crippen LogP contribution in [0.25, 0.3) is 22.1 Å². The van der Waals surface area contributed by atoms with Crippen molar-refractivity contribution in [2.75, 3.05) is 0 Å². The van der Waals surface area contributed by atoms with Crippen LogP contribution in [0.1, 0.15) is 11.3 Å². The van der Waals surface area contributed by atoms with Gasteiger partial charge < -0.3 is 9.26 Å². The molecule has 0 unspecified atom stereocenters. The molecule has 0 saturated carbocycles. The first-order chi connectivity index (χ1) is 13.2. The molecule has 0 radical (unpaired) electrons. The van der Waals surface area contributed by atoms with Crippen molar-refractivity contribution >= 4 is 16.7 Å². The number of aromatic nitrogens is 1. The lowest BCUT2D eigenvalue weighted by molar-refractivity contribution is -0.144. The standard InChI is InChI=1S/C22H16FNO3/c23-20-11-4-3-10-19(20)21-13-17(24-27-21)14-26-22(25)12-16-8-5-7-15-6-1-2-9-18(15)16/h1-11,13H,12,14H2. The van der Waals surface area contributed by atoms with Gasteiger partial charge in [0, 0.05) is 6.07 Å². The van der Waals surface area contributed by atoms with E-state index in [2.05, 4.69) is 5.16 Å². The highest BCUT2D eigenvalue weighted by atomic mass is 19.1. The molecule has 0 aliphatic rings. The minimum absolute atomic E-state index is 0.0262. The van der Waals surface area contributed by atoms with E-state index in [1.165, 1.54) is 6.07 Å². The molecule has 0 fully saturated rings. The zero-order valence-electron chi connectivity index (χ0n) is 14.4. The first-order valence-corrected chi connectivity index (χ1v) is 8.53. The lowest BCUT2D eigenvalue weighted by Crippen LogP contribution is -2.08. The predicted molar refractivity (Wildman–Crippen MR) is 99.3 cm³/mol. The van der Waals surface area contributed by atoms with Gasteiger partial charge in [-0.1, -0.05) is 59.8 Å². The molecule has 1 heterocycles. The van der Waals surface area contributed by atoms with Crippen molar-refractivity contribution in [3.05, 3.63) is 89.9 Å². The molecular formula is C22H16FNO3. The molecule has 0 aliphatic heterocycles. The summed E-state index contributed by atoms with van der Waals surface area (Å²) in [7, 11) is 0. The van der Waals surface area contributed by atoms with Crippen molar-refractivity contribution in [1.29, 1.82) is 0 Å². The molecule has 0 aliphatic carbocycles. The van der Waals surface area contributed by atoms with Gasteiger partial charge in [0.05, 0.1) is 12.0 Å². The Morgan fingerprint density at radius 3 is 2.67 bits per heavy atom. The first kappa shape index (κ1) is 17.0. The minimum atomic E-state index is -0.395. The topological polar surface area (TPSA) is 52.3 Å². The van der Waals surface area contributed by atoms with Crippen molar-refractivity contribution in [2.45, 2.75) is 13.0 Å². The number of carbonyl (C=O) groups excluding carboxylic acids is 1. The van der Waals surface area contributed by atoms with E-state index < -0.39 is 5.82 Å². The third kappa shape index (κ3) is 3.72. The molecule has 0 atom stereocenters. The van der Waals surface area contributed by atoms with Crippen molar-refractivity contribution in [3.8, 4) is 11.3 Å². The number of nitrogens with zero attached hydrogens (tertiary/aromatic N) is 1. The van der Waals surface area contributed by atoms with Gasteiger partial charge in [0.15, 0.2) is 5.76 Å². The van der Waals surface area contributed by atoms with Crippen LogP contribution in [-0.4, -0.2) is 11.1 Å². The summed E-state index contributed by atoms with van der Waals surface area (Å²) in [5, 5.41) is 5.95. The molecule has 4 nitrogen and oxygen atoms in total. The average molecular weight is 361 g/mol. The summed E-state index contributed by atoms with van der Waals surface area (Å²) >= 11 is 0. The second kappa shape index (κ2) is 7.41. The third-order valence-corrected chi connectivity index (χ3v) is 4.29. The van der Waals surface area contributed by atoms with E-state index in [9.17, 15) is 9.18 Å². The van der Waals surface area contributed by atoms with E-state index in [-0.39, 0.29) is 19.0 Å². The molecular weight excluding hydrogens is 345 g/mol. The smallest absolute Gasteiger partial charge is 0.310 e.